The van der Waals surface area contributed by atoms with Crippen LogP contribution in [-0.4, -0.2) is 40.1 Å². The van der Waals surface area contributed by atoms with Gasteiger partial charge in [0, 0.05) is 16.1 Å². The van der Waals surface area contributed by atoms with Crippen molar-refractivity contribution in [1.29, 1.82) is 0 Å². The zero-order valence-electron chi connectivity index (χ0n) is 14.8. The van der Waals surface area contributed by atoms with E-state index < -0.39 is 11.1 Å². The number of ketones is 1. The van der Waals surface area contributed by atoms with Crippen LogP contribution >= 0.6 is 23.4 Å². The maximum atomic E-state index is 12.6. The van der Waals surface area contributed by atoms with Crippen molar-refractivity contribution in [2.45, 2.75) is 6.92 Å². The van der Waals surface area contributed by atoms with E-state index in [4.69, 9.17) is 16.3 Å². The average molecular weight is 418 g/mol. The molecule has 2 amide bonds. The smallest absolute Gasteiger partial charge is 0.293 e. The van der Waals surface area contributed by atoms with Gasteiger partial charge < -0.3 is 9.84 Å². The van der Waals surface area contributed by atoms with Crippen molar-refractivity contribution in [2.24, 2.45) is 0 Å². The monoisotopic (exact) mass is 417 g/mol. The zero-order valence-corrected chi connectivity index (χ0v) is 16.4. The van der Waals surface area contributed by atoms with Crippen molar-refractivity contribution in [3.8, 4) is 11.5 Å². The molecule has 0 bridgehead atoms. The van der Waals surface area contributed by atoms with Gasteiger partial charge in [0.1, 0.15) is 0 Å². The lowest BCUT2D eigenvalue weighted by atomic mass is 10.1. The van der Waals surface area contributed by atoms with E-state index in [0.29, 0.717) is 22.8 Å². The normalized spacial score (nSPS) is 15.4. The van der Waals surface area contributed by atoms with Crippen LogP contribution in [0.1, 0.15) is 22.8 Å². The number of rotatable bonds is 6. The Hall–Kier alpha value is -2.77. The first kappa shape index (κ1) is 20.0. The summed E-state index contributed by atoms with van der Waals surface area (Å²) in [6.45, 7) is 1.80. The largest absolute Gasteiger partial charge is 0.504 e. The molecule has 0 unspecified atom stereocenters. The zero-order chi connectivity index (χ0) is 20.3. The first-order valence-corrected chi connectivity index (χ1v) is 9.59. The van der Waals surface area contributed by atoms with Crippen LogP contribution in [-0.2, 0) is 4.79 Å². The van der Waals surface area contributed by atoms with Crippen LogP contribution in [0.5, 0.6) is 11.5 Å². The van der Waals surface area contributed by atoms with Gasteiger partial charge in [-0.25, -0.2) is 0 Å². The summed E-state index contributed by atoms with van der Waals surface area (Å²) in [5, 5.41) is 10.2. The van der Waals surface area contributed by atoms with E-state index in [2.05, 4.69) is 0 Å². The summed E-state index contributed by atoms with van der Waals surface area (Å²) in [5.74, 6) is -0.790. The summed E-state index contributed by atoms with van der Waals surface area (Å²) < 4.78 is 5.32. The highest BCUT2D eigenvalue weighted by Crippen LogP contribution is 2.36. The first-order valence-electron chi connectivity index (χ1n) is 8.39. The topological polar surface area (TPSA) is 83.9 Å². The number of nitrogens with zero attached hydrogens (tertiary/aromatic N) is 1. The highest BCUT2D eigenvalue weighted by Gasteiger charge is 2.36. The number of amides is 2. The average Bonchev–Trinajstić information content (AvgIpc) is 2.93. The number of para-hydroxylation sites is 1. The van der Waals surface area contributed by atoms with Gasteiger partial charge in [-0.2, -0.15) is 0 Å². The number of thioether (sulfide) groups is 1. The number of phenols is 1. The fraction of sp³-hybridized carbons (Fsp3) is 0.150. The van der Waals surface area contributed by atoms with Crippen LogP contribution in [0.4, 0.5) is 4.79 Å². The molecule has 0 radical (unpaired) electrons. The molecule has 144 valence electrons. The van der Waals surface area contributed by atoms with Crippen LogP contribution in [0.25, 0.3) is 6.08 Å². The Bertz CT molecular complexity index is 971. The lowest BCUT2D eigenvalue weighted by molar-refractivity contribution is -0.122. The van der Waals surface area contributed by atoms with Gasteiger partial charge in [-0.15, -0.1) is 0 Å². The Morgan fingerprint density at radius 3 is 2.61 bits per heavy atom. The molecule has 1 aliphatic heterocycles. The van der Waals surface area contributed by atoms with Gasteiger partial charge in [0.05, 0.1) is 18.1 Å². The summed E-state index contributed by atoms with van der Waals surface area (Å²) in [6.07, 6.45) is 1.41. The SMILES string of the molecule is CCOc1cccc(C=C2SC(=O)N(CC(=O)c3ccc(Cl)cc3)C2=O)c1O. The number of phenolic OH excluding ortho intramolecular Hbond substituents is 1. The summed E-state index contributed by atoms with van der Waals surface area (Å²) >= 11 is 6.52. The van der Waals surface area contributed by atoms with Crippen LogP contribution in [0.2, 0.25) is 5.02 Å². The number of carbonyl (C=O) groups excluding carboxylic acids is 3. The number of benzene rings is 2. The van der Waals surface area contributed by atoms with E-state index >= 15 is 0 Å². The number of halogens is 1. The van der Waals surface area contributed by atoms with Crippen molar-refractivity contribution >= 4 is 46.4 Å². The summed E-state index contributed by atoms with van der Waals surface area (Å²) in [6, 6.07) is 11.1. The van der Waals surface area contributed by atoms with E-state index in [0.717, 1.165) is 16.7 Å². The number of imide groups is 1. The number of carbonyl (C=O) groups is 3. The maximum Gasteiger partial charge on any atom is 0.293 e. The van der Waals surface area contributed by atoms with Crippen LogP contribution in [0.15, 0.2) is 47.4 Å². The minimum Gasteiger partial charge on any atom is -0.504 e. The molecule has 1 saturated heterocycles. The second-order valence-electron chi connectivity index (χ2n) is 5.82. The third kappa shape index (κ3) is 4.21. The minimum atomic E-state index is -0.585. The first-order chi connectivity index (χ1) is 13.4. The Morgan fingerprint density at radius 2 is 1.93 bits per heavy atom. The Morgan fingerprint density at radius 1 is 1.21 bits per heavy atom. The summed E-state index contributed by atoms with van der Waals surface area (Å²) in [5.41, 5.74) is 0.704. The molecule has 3 rings (SSSR count). The van der Waals surface area contributed by atoms with Gasteiger partial charge in [-0.05, 0) is 55.1 Å². The highest BCUT2D eigenvalue weighted by atomic mass is 35.5. The van der Waals surface area contributed by atoms with E-state index in [1.54, 1.807) is 37.3 Å². The molecule has 0 spiro atoms. The number of aromatic hydroxyl groups is 1. The summed E-state index contributed by atoms with van der Waals surface area (Å²) in [4.78, 5) is 38.2. The molecule has 8 heteroatoms. The Balaban J connectivity index is 1.80. The highest BCUT2D eigenvalue weighted by molar-refractivity contribution is 8.18. The van der Waals surface area contributed by atoms with Crippen LogP contribution < -0.4 is 4.74 Å². The van der Waals surface area contributed by atoms with Crippen molar-refractivity contribution in [2.75, 3.05) is 13.2 Å². The lowest BCUT2D eigenvalue weighted by Crippen LogP contribution is -2.33. The number of ether oxygens (including phenoxy) is 1. The van der Waals surface area contributed by atoms with Crippen LogP contribution in [0, 0.1) is 0 Å². The molecule has 2 aromatic carbocycles. The fourth-order valence-electron chi connectivity index (χ4n) is 2.58. The van der Waals surface area contributed by atoms with E-state index in [9.17, 15) is 19.5 Å². The van der Waals surface area contributed by atoms with Crippen molar-refractivity contribution < 1.29 is 24.2 Å². The van der Waals surface area contributed by atoms with E-state index in [1.807, 2.05) is 0 Å². The molecule has 6 nitrogen and oxygen atoms in total. The third-order valence-corrected chi connectivity index (χ3v) is 5.12. The van der Waals surface area contributed by atoms with Gasteiger partial charge in [-0.1, -0.05) is 23.7 Å². The second kappa shape index (κ2) is 8.50. The van der Waals surface area contributed by atoms with Crippen molar-refractivity contribution in [1.82, 2.24) is 4.90 Å². The summed E-state index contributed by atoms with van der Waals surface area (Å²) in [7, 11) is 0. The maximum absolute atomic E-state index is 12.6. The molecular weight excluding hydrogens is 402 g/mol. The molecule has 1 fully saturated rings. The molecule has 2 aromatic rings. The number of hydrogen-bond acceptors (Lipinski definition) is 6. The van der Waals surface area contributed by atoms with Gasteiger partial charge in [0.15, 0.2) is 17.3 Å². The van der Waals surface area contributed by atoms with Crippen molar-refractivity contribution in [3.05, 3.63) is 63.5 Å². The fourth-order valence-corrected chi connectivity index (χ4v) is 3.53. The van der Waals surface area contributed by atoms with Gasteiger partial charge in [0.25, 0.3) is 11.1 Å². The number of hydrogen-bond donors (Lipinski definition) is 1. The predicted octanol–water partition coefficient (Wildman–Crippen LogP) is 4.36. The second-order valence-corrected chi connectivity index (χ2v) is 7.25. The quantitative estimate of drug-likeness (QED) is 0.555. The third-order valence-electron chi connectivity index (χ3n) is 3.96. The molecular formula is C20H16ClNO5S. The minimum absolute atomic E-state index is 0.117. The van der Waals surface area contributed by atoms with E-state index in [-0.39, 0.29) is 28.7 Å². The molecule has 1 N–H and O–H groups in total. The van der Waals surface area contributed by atoms with Crippen molar-refractivity contribution in [3.63, 3.8) is 0 Å². The predicted molar refractivity (Wildman–Crippen MR) is 108 cm³/mol. The molecule has 28 heavy (non-hydrogen) atoms. The van der Waals surface area contributed by atoms with Crippen LogP contribution in [0.3, 0.4) is 0 Å². The molecule has 1 heterocycles. The standard InChI is InChI=1S/C20H16ClNO5S/c1-2-27-16-5-3-4-13(18(16)24)10-17-19(25)22(20(26)28-17)11-15(23)12-6-8-14(21)9-7-12/h3-10,24H,2,11H2,1H3. The molecule has 0 atom stereocenters. The Labute approximate surface area is 170 Å². The van der Waals surface area contributed by atoms with Gasteiger partial charge in [-0.3, -0.25) is 19.3 Å². The van der Waals surface area contributed by atoms with E-state index in [1.165, 1.54) is 18.2 Å². The Kier molecular flexibility index (Phi) is 6.06. The molecule has 1 aliphatic rings. The number of Topliss-reactive ketones (excluding diaryl/α,β-unsaturated/α-hetero) is 1. The molecule has 0 saturated carbocycles. The van der Waals surface area contributed by atoms with Gasteiger partial charge in [0.2, 0.25) is 0 Å². The molecule has 0 aromatic heterocycles. The van der Waals surface area contributed by atoms with Gasteiger partial charge >= 0.3 is 0 Å². The molecule has 0 aliphatic carbocycles. The lowest BCUT2D eigenvalue weighted by Gasteiger charge is -2.11.